The number of aromatic amines is 1. The number of hydrogen-bond acceptors (Lipinski definition) is 10. The molecule has 7 atom stereocenters. The molecule has 326 valence electrons. The minimum absolute atomic E-state index is 0.0478. The van der Waals surface area contributed by atoms with Gasteiger partial charge in [-0.25, -0.2) is 18.2 Å². The third-order valence-corrected chi connectivity index (χ3v) is 15.0. The van der Waals surface area contributed by atoms with Crippen molar-refractivity contribution in [2.75, 3.05) is 13.7 Å². The summed E-state index contributed by atoms with van der Waals surface area (Å²) < 4.78 is 68.1. The molecule has 0 bridgehead atoms. The zero-order chi connectivity index (χ0) is 43.3. The number of alkyl halides is 2. The normalized spacial score (nSPS) is 26.5. The number of unbranched alkanes of at least 4 members (excludes halogenated alkanes) is 1. The maximum Gasteiger partial charge on any atom is 0.408 e. The summed E-state index contributed by atoms with van der Waals surface area (Å²) in [4.78, 5) is 75.5. The summed E-state index contributed by atoms with van der Waals surface area (Å²) in [5.74, 6) is -5.34. The van der Waals surface area contributed by atoms with E-state index in [1.165, 1.54) is 24.1 Å². The second-order valence-electron chi connectivity index (χ2n) is 18.2. The fraction of sp³-hybridized carbons (Fsp3) is 0.707. The van der Waals surface area contributed by atoms with Crippen molar-refractivity contribution >= 4 is 44.9 Å². The van der Waals surface area contributed by atoms with Gasteiger partial charge in [-0.05, 0) is 87.2 Å². The van der Waals surface area contributed by atoms with Gasteiger partial charge in [0.15, 0.2) is 5.69 Å². The van der Waals surface area contributed by atoms with Crippen LogP contribution in [0.5, 0.6) is 5.75 Å². The number of alkyl carbamates (subject to hydrolysis) is 1. The second-order valence-corrected chi connectivity index (χ2v) is 20.4. The van der Waals surface area contributed by atoms with Gasteiger partial charge in [-0.2, -0.15) is 8.78 Å². The Morgan fingerprint density at radius 3 is 2.41 bits per heavy atom. The van der Waals surface area contributed by atoms with Crippen LogP contribution < -0.4 is 25.7 Å². The predicted octanol–water partition coefficient (Wildman–Crippen LogP) is 5.02. The number of rotatable bonds is 17. The average Bonchev–Trinajstić information content (AvgIpc) is 4.13. The predicted molar refractivity (Wildman–Crippen MR) is 214 cm³/mol. The zero-order valence-electron chi connectivity index (χ0n) is 34.9. The quantitative estimate of drug-likeness (QED) is 0.156. The lowest BCUT2D eigenvalue weighted by Crippen LogP contribution is -2.61. The van der Waals surface area contributed by atoms with Crippen molar-refractivity contribution < 1.29 is 45.9 Å². The number of carbonyl (C=O) groups excluding carboxylic acids is 4. The van der Waals surface area contributed by atoms with Crippen molar-refractivity contribution in [2.45, 2.75) is 147 Å². The first-order valence-corrected chi connectivity index (χ1v) is 22.2. The molecule has 1 aliphatic heterocycles. The summed E-state index contributed by atoms with van der Waals surface area (Å²) in [6.45, 7) is 10.9. The highest BCUT2D eigenvalue weighted by atomic mass is 32.2. The standard InChI is InChI=1S/C41H58F2N6O9S/c1-8-23-15-19-49(30(23)33(50)47-40(22-25(40)9-2)36(53)48-59(55,56)39(6)17-18-39)35(52)32(38(3,4)5)46-37(54)58-29-20-24(29)12-10-11-16-41(42,43)31-34(51)45-28-21-26(57-7)13-14-27(28)44-31/h13-14,21,23-25,29-30,32H,8-12,15-20,22H2,1-7H3,(H,45,51)(H,46,54)(H,47,50)(H,48,53)/t23-,24-,25-,29?,30+,32-,40?/m1/s1. The summed E-state index contributed by atoms with van der Waals surface area (Å²) in [5.41, 5.74) is -3.51. The van der Waals surface area contributed by atoms with Gasteiger partial charge in [-0.15, -0.1) is 0 Å². The highest BCUT2D eigenvalue weighted by molar-refractivity contribution is 7.91. The first-order valence-electron chi connectivity index (χ1n) is 20.7. The molecule has 4 aliphatic rings. The molecule has 3 aliphatic carbocycles. The van der Waals surface area contributed by atoms with Crippen molar-refractivity contribution in [1.29, 1.82) is 0 Å². The van der Waals surface area contributed by atoms with Gasteiger partial charge in [-0.1, -0.05) is 53.9 Å². The SMILES string of the molecule is CC[C@@H]1CCN(C(=O)[C@@H](NC(=O)OC2C[C@H]2CCCCC(F)(F)c2nc3ccc(OC)cc3[nH]c2=O)C(C)(C)C)[C@@H]1C(=O)NC1(C(=O)NS(=O)(=O)C2(C)CC2)C[C@H]1CC. The van der Waals surface area contributed by atoms with Gasteiger partial charge in [0.05, 0.1) is 22.9 Å². The Morgan fingerprint density at radius 2 is 1.80 bits per heavy atom. The number of halogens is 2. The average molecular weight is 849 g/mol. The summed E-state index contributed by atoms with van der Waals surface area (Å²) in [6.07, 6.45) is 2.50. The Labute approximate surface area is 343 Å². The minimum atomic E-state index is -3.94. The molecule has 2 unspecified atom stereocenters. The molecule has 2 aromatic rings. The highest BCUT2D eigenvalue weighted by Gasteiger charge is 2.63. The van der Waals surface area contributed by atoms with Gasteiger partial charge >= 0.3 is 6.09 Å². The maximum atomic E-state index is 15.1. The lowest BCUT2D eigenvalue weighted by Gasteiger charge is -2.36. The van der Waals surface area contributed by atoms with E-state index in [1.807, 2.05) is 13.8 Å². The Morgan fingerprint density at radius 1 is 1.08 bits per heavy atom. The van der Waals surface area contributed by atoms with E-state index in [9.17, 15) is 32.4 Å². The molecule has 1 aromatic heterocycles. The van der Waals surface area contributed by atoms with Gasteiger partial charge in [0.2, 0.25) is 21.8 Å². The zero-order valence-corrected chi connectivity index (χ0v) is 35.7. The van der Waals surface area contributed by atoms with Crippen LogP contribution in [0.4, 0.5) is 13.6 Å². The number of methoxy groups -OCH3 is 1. The number of fused-ring (bicyclic) bond motifs is 1. The number of amides is 4. The van der Waals surface area contributed by atoms with Gasteiger partial charge in [0.25, 0.3) is 17.4 Å². The fourth-order valence-corrected chi connectivity index (χ4v) is 9.67. The summed E-state index contributed by atoms with van der Waals surface area (Å²) >= 11 is 0. The van der Waals surface area contributed by atoms with Crippen LogP contribution in [0.25, 0.3) is 11.0 Å². The number of likely N-dealkylation sites (tertiary alicyclic amines) is 1. The molecule has 1 saturated heterocycles. The summed E-state index contributed by atoms with van der Waals surface area (Å²) in [6, 6.07) is 2.55. The molecule has 4 fully saturated rings. The molecule has 4 N–H and O–H groups in total. The van der Waals surface area contributed by atoms with E-state index in [-0.39, 0.29) is 42.7 Å². The summed E-state index contributed by atoms with van der Waals surface area (Å²) in [5, 5.41) is 5.60. The number of carbonyl (C=O) groups is 4. The molecule has 4 amide bonds. The van der Waals surface area contributed by atoms with Crippen LogP contribution >= 0.6 is 0 Å². The van der Waals surface area contributed by atoms with Crippen LogP contribution in [0.1, 0.15) is 118 Å². The monoisotopic (exact) mass is 848 g/mol. The Bertz CT molecular complexity index is 2140. The van der Waals surface area contributed by atoms with Crippen LogP contribution in [0.15, 0.2) is 23.0 Å². The van der Waals surface area contributed by atoms with Gasteiger partial charge < -0.3 is 30.0 Å². The number of nitrogens with zero attached hydrogens (tertiary/aromatic N) is 2. The number of aromatic nitrogens is 2. The maximum absolute atomic E-state index is 15.1. The first kappa shape index (κ1) is 44.2. The molecule has 0 spiro atoms. The molecule has 3 saturated carbocycles. The van der Waals surface area contributed by atoms with Crippen LogP contribution in [0.2, 0.25) is 0 Å². The first-order chi connectivity index (χ1) is 27.6. The number of hydrogen-bond donors (Lipinski definition) is 4. The van der Waals surface area contributed by atoms with Gasteiger partial charge in [0, 0.05) is 19.0 Å². The number of H-pyrrole nitrogens is 1. The van der Waals surface area contributed by atoms with Crippen LogP contribution in [-0.2, 0) is 35.1 Å². The number of ether oxygens (including phenoxy) is 2. The van der Waals surface area contributed by atoms with E-state index in [2.05, 4.69) is 25.3 Å². The molecular formula is C41H58F2N6O9S. The second kappa shape index (κ2) is 16.3. The molecular weight excluding hydrogens is 791 g/mol. The Hall–Kier alpha value is -4.35. The van der Waals surface area contributed by atoms with Crippen molar-refractivity contribution in [3.63, 3.8) is 0 Å². The van der Waals surface area contributed by atoms with Crippen LogP contribution in [-0.4, -0.2) is 89.2 Å². The molecule has 6 rings (SSSR count). The Kier molecular flexibility index (Phi) is 12.2. The third-order valence-electron chi connectivity index (χ3n) is 12.8. The molecule has 2 heterocycles. The highest BCUT2D eigenvalue weighted by Crippen LogP contribution is 2.48. The third kappa shape index (κ3) is 9.21. The largest absolute Gasteiger partial charge is 0.497 e. The number of nitrogens with one attached hydrogen (secondary N) is 4. The lowest BCUT2D eigenvalue weighted by atomic mass is 9.85. The minimum Gasteiger partial charge on any atom is -0.497 e. The van der Waals surface area contributed by atoms with E-state index in [4.69, 9.17) is 9.47 Å². The van der Waals surface area contributed by atoms with Crippen molar-refractivity contribution in [3.8, 4) is 5.75 Å². The van der Waals surface area contributed by atoms with E-state index in [0.717, 1.165) is 0 Å². The van der Waals surface area contributed by atoms with E-state index in [1.54, 1.807) is 33.8 Å². The van der Waals surface area contributed by atoms with E-state index in [0.29, 0.717) is 62.6 Å². The van der Waals surface area contributed by atoms with Crippen LogP contribution in [0.3, 0.4) is 0 Å². The van der Waals surface area contributed by atoms with E-state index < -0.39 is 91.3 Å². The topological polar surface area (TPSA) is 206 Å². The molecule has 15 nitrogen and oxygen atoms in total. The molecule has 0 radical (unpaired) electrons. The van der Waals surface area contributed by atoms with Crippen molar-refractivity contribution in [1.82, 2.24) is 30.2 Å². The van der Waals surface area contributed by atoms with E-state index >= 15 is 8.78 Å². The Balaban J connectivity index is 1.02. The van der Waals surface area contributed by atoms with Crippen LogP contribution in [0, 0.1) is 23.2 Å². The molecule has 59 heavy (non-hydrogen) atoms. The number of sulfonamides is 1. The molecule has 1 aromatic carbocycles. The summed E-state index contributed by atoms with van der Waals surface area (Å²) in [7, 11) is -2.49. The van der Waals surface area contributed by atoms with Gasteiger partial charge in [-0.3, -0.25) is 23.9 Å². The van der Waals surface area contributed by atoms with Crippen molar-refractivity contribution in [3.05, 3.63) is 34.2 Å². The van der Waals surface area contributed by atoms with Crippen molar-refractivity contribution in [2.24, 2.45) is 23.2 Å². The smallest absolute Gasteiger partial charge is 0.408 e. The fourth-order valence-electron chi connectivity index (χ4n) is 8.36. The lowest BCUT2D eigenvalue weighted by molar-refractivity contribution is -0.143. The number of benzene rings is 1. The molecule has 18 heteroatoms. The van der Waals surface area contributed by atoms with Gasteiger partial charge in [0.1, 0.15) is 29.5 Å².